The number of hydrogen-bond donors (Lipinski definition) is 1. The lowest BCUT2D eigenvalue weighted by Crippen LogP contribution is -2.15. The van der Waals surface area contributed by atoms with Crippen molar-refractivity contribution in [2.45, 2.75) is 39.3 Å². The van der Waals surface area contributed by atoms with Gasteiger partial charge in [-0.1, -0.05) is 6.92 Å². The van der Waals surface area contributed by atoms with Crippen molar-refractivity contribution in [1.29, 1.82) is 0 Å². The van der Waals surface area contributed by atoms with E-state index in [9.17, 15) is 0 Å². The van der Waals surface area contributed by atoms with Gasteiger partial charge in [-0.2, -0.15) is 0 Å². The van der Waals surface area contributed by atoms with E-state index in [1.54, 1.807) is 0 Å². The van der Waals surface area contributed by atoms with Crippen molar-refractivity contribution in [3.05, 3.63) is 24.0 Å². The molecule has 2 nitrogen and oxygen atoms in total. The van der Waals surface area contributed by atoms with Gasteiger partial charge in [-0.25, -0.2) is 0 Å². The number of nitrogens with zero attached hydrogens (tertiary/aromatic N) is 1. The predicted molar refractivity (Wildman–Crippen MR) is 59.2 cm³/mol. The maximum Gasteiger partial charge on any atom is 0.0220 e. The lowest BCUT2D eigenvalue weighted by atomic mass is 10.3. The quantitative estimate of drug-likeness (QED) is 0.732. The first-order valence-electron chi connectivity index (χ1n) is 5.74. The van der Waals surface area contributed by atoms with Crippen LogP contribution in [0.25, 0.3) is 0 Å². The van der Waals surface area contributed by atoms with E-state index in [1.165, 1.54) is 31.4 Å². The molecule has 1 aliphatic rings. The number of hydrogen-bond acceptors (Lipinski definition) is 1. The molecule has 0 radical (unpaired) electrons. The van der Waals surface area contributed by atoms with Crippen LogP contribution in [-0.4, -0.2) is 11.1 Å². The summed E-state index contributed by atoms with van der Waals surface area (Å²) in [6.45, 7) is 5.60. The van der Waals surface area contributed by atoms with E-state index in [-0.39, 0.29) is 0 Å². The van der Waals surface area contributed by atoms with Crippen LogP contribution >= 0.6 is 0 Å². The van der Waals surface area contributed by atoms with Crippen molar-refractivity contribution < 1.29 is 0 Å². The van der Waals surface area contributed by atoms with Crippen LogP contribution < -0.4 is 5.32 Å². The minimum atomic E-state index is 0.979. The van der Waals surface area contributed by atoms with Crippen LogP contribution in [-0.2, 0) is 13.1 Å². The van der Waals surface area contributed by atoms with Gasteiger partial charge in [-0.15, -0.1) is 0 Å². The fourth-order valence-corrected chi connectivity index (χ4v) is 1.73. The Morgan fingerprint density at radius 2 is 2.36 bits per heavy atom. The Labute approximate surface area is 86.3 Å². The maximum atomic E-state index is 3.51. The molecule has 0 atom stereocenters. The third kappa shape index (κ3) is 2.88. The van der Waals surface area contributed by atoms with Gasteiger partial charge >= 0.3 is 0 Å². The average Bonchev–Trinajstić information content (AvgIpc) is 2.88. The molecule has 0 bridgehead atoms. The molecule has 78 valence electrons. The minimum Gasteiger partial charge on any atom is -0.354 e. The molecule has 1 aromatic rings. The second-order valence-corrected chi connectivity index (χ2v) is 4.33. The molecule has 0 spiro atoms. The first-order chi connectivity index (χ1) is 6.88. The fourth-order valence-electron chi connectivity index (χ4n) is 1.73. The molecule has 0 aliphatic heterocycles. The summed E-state index contributed by atoms with van der Waals surface area (Å²) in [5.41, 5.74) is 1.42. The highest BCUT2D eigenvalue weighted by molar-refractivity contribution is 5.09. The molecular formula is C12H20N2. The van der Waals surface area contributed by atoms with Gasteiger partial charge in [0.25, 0.3) is 0 Å². The second-order valence-electron chi connectivity index (χ2n) is 4.33. The van der Waals surface area contributed by atoms with E-state index in [1.807, 2.05) is 0 Å². The van der Waals surface area contributed by atoms with E-state index < -0.39 is 0 Å². The topological polar surface area (TPSA) is 17.0 Å². The molecule has 1 fully saturated rings. The fraction of sp³-hybridized carbons (Fsp3) is 0.667. The van der Waals surface area contributed by atoms with Crippen LogP contribution in [0.5, 0.6) is 0 Å². The molecule has 0 amide bonds. The molecule has 2 heteroatoms. The Balaban J connectivity index is 1.71. The predicted octanol–water partition coefficient (Wildman–Crippen LogP) is 2.40. The van der Waals surface area contributed by atoms with Gasteiger partial charge in [0.1, 0.15) is 0 Å². The molecule has 0 aromatic carbocycles. The molecule has 1 N–H and O–H groups in total. The first-order valence-corrected chi connectivity index (χ1v) is 5.74. The first kappa shape index (κ1) is 9.78. The normalized spacial score (nSPS) is 16.1. The summed E-state index contributed by atoms with van der Waals surface area (Å²) in [5.74, 6) is 0.979. The van der Waals surface area contributed by atoms with Crippen molar-refractivity contribution in [3.63, 3.8) is 0 Å². The summed E-state index contributed by atoms with van der Waals surface area (Å²) < 4.78 is 2.27. The van der Waals surface area contributed by atoms with Crippen LogP contribution in [0, 0.1) is 5.92 Å². The zero-order valence-corrected chi connectivity index (χ0v) is 9.00. The standard InChI is InChI=1S/C12H20N2/c1-2-6-14-7-5-12(10-14)9-13-8-11-3-4-11/h5,7,10-11,13H,2-4,6,8-9H2,1H3. The Bertz CT molecular complexity index is 274. The highest BCUT2D eigenvalue weighted by Gasteiger charge is 2.19. The van der Waals surface area contributed by atoms with Gasteiger partial charge in [0.05, 0.1) is 0 Å². The zero-order valence-electron chi connectivity index (χ0n) is 9.00. The SMILES string of the molecule is CCCn1ccc(CNCC2CC2)c1. The lowest BCUT2D eigenvalue weighted by Gasteiger charge is -2.01. The van der Waals surface area contributed by atoms with Crippen molar-refractivity contribution in [2.24, 2.45) is 5.92 Å². The van der Waals surface area contributed by atoms with E-state index in [2.05, 4.69) is 35.3 Å². The summed E-state index contributed by atoms with van der Waals surface area (Å²) >= 11 is 0. The molecule has 1 heterocycles. The van der Waals surface area contributed by atoms with Crippen molar-refractivity contribution >= 4 is 0 Å². The second kappa shape index (κ2) is 4.65. The largest absolute Gasteiger partial charge is 0.354 e. The molecular weight excluding hydrogens is 172 g/mol. The average molecular weight is 192 g/mol. The molecule has 1 aromatic heterocycles. The number of rotatable bonds is 6. The van der Waals surface area contributed by atoms with Crippen molar-refractivity contribution in [1.82, 2.24) is 9.88 Å². The number of aryl methyl sites for hydroxylation is 1. The molecule has 1 aliphatic carbocycles. The Hall–Kier alpha value is -0.760. The maximum absolute atomic E-state index is 3.51. The molecule has 2 rings (SSSR count). The number of aromatic nitrogens is 1. The highest BCUT2D eigenvalue weighted by Crippen LogP contribution is 2.27. The molecule has 14 heavy (non-hydrogen) atoms. The Morgan fingerprint density at radius 1 is 1.50 bits per heavy atom. The monoisotopic (exact) mass is 192 g/mol. The lowest BCUT2D eigenvalue weighted by molar-refractivity contribution is 0.634. The van der Waals surface area contributed by atoms with Gasteiger partial charge in [0.15, 0.2) is 0 Å². The van der Waals surface area contributed by atoms with Crippen LogP contribution in [0.2, 0.25) is 0 Å². The summed E-state index contributed by atoms with van der Waals surface area (Å²) in [5, 5.41) is 3.51. The molecule has 1 saturated carbocycles. The summed E-state index contributed by atoms with van der Waals surface area (Å²) in [6, 6.07) is 2.22. The summed E-state index contributed by atoms with van der Waals surface area (Å²) in [4.78, 5) is 0. The third-order valence-electron chi connectivity index (χ3n) is 2.75. The van der Waals surface area contributed by atoms with E-state index >= 15 is 0 Å². The van der Waals surface area contributed by atoms with Crippen LogP contribution in [0.4, 0.5) is 0 Å². The van der Waals surface area contributed by atoms with Crippen LogP contribution in [0.1, 0.15) is 31.7 Å². The van der Waals surface area contributed by atoms with Gasteiger partial charge in [-0.05, 0) is 43.4 Å². The minimum absolute atomic E-state index is 0.979. The van der Waals surface area contributed by atoms with Gasteiger partial charge in [-0.3, -0.25) is 0 Å². The summed E-state index contributed by atoms with van der Waals surface area (Å²) in [6.07, 6.45) is 8.51. The Kier molecular flexibility index (Phi) is 3.25. The molecule has 0 unspecified atom stereocenters. The van der Waals surface area contributed by atoms with Gasteiger partial charge in [0, 0.05) is 25.5 Å². The van der Waals surface area contributed by atoms with Crippen LogP contribution in [0.3, 0.4) is 0 Å². The van der Waals surface area contributed by atoms with E-state index in [0.29, 0.717) is 0 Å². The van der Waals surface area contributed by atoms with E-state index in [0.717, 1.165) is 19.0 Å². The van der Waals surface area contributed by atoms with E-state index in [4.69, 9.17) is 0 Å². The van der Waals surface area contributed by atoms with Crippen molar-refractivity contribution in [3.8, 4) is 0 Å². The smallest absolute Gasteiger partial charge is 0.0220 e. The third-order valence-corrected chi connectivity index (χ3v) is 2.75. The molecule has 0 saturated heterocycles. The highest BCUT2D eigenvalue weighted by atomic mass is 14.9. The van der Waals surface area contributed by atoms with Gasteiger partial charge in [0.2, 0.25) is 0 Å². The van der Waals surface area contributed by atoms with Gasteiger partial charge < -0.3 is 9.88 Å². The van der Waals surface area contributed by atoms with Crippen LogP contribution in [0.15, 0.2) is 18.5 Å². The Morgan fingerprint density at radius 3 is 3.07 bits per heavy atom. The zero-order chi connectivity index (χ0) is 9.80. The number of nitrogens with one attached hydrogen (secondary N) is 1. The summed E-state index contributed by atoms with van der Waals surface area (Å²) in [7, 11) is 0. The van der Waals surface area contributed by atoms with Crippen molar-refractivity contribution in [2.75, 3.05) is 6.54 Å².